The lowest BCUT2D eigenvalue weighted by Crippen LogP contribution is -2.35. The average Bonchev–Trinajstić information content (AvgIpc) is 3.55. The van der Waals surface area contributed by atoms with Crippen LogP contribution in [0.3, 0.4) is 0 Å². The summed E-state index contributed by atoms with van der Waals surface area (Å²) >= 11 is 1.52. The van der Waals surface area contributed by atoms with E-state index in [9.17, 15) is 4.79 Å². The molecule has 0 aliphatic carbocycles. The minimum atomic E-state index is -0.861. The second-order valence-corrected chi connectivity index (χ2v) is 9.04. The number of ketones is 1. The first-order valence-electron chi connectivity index (χ1n) is 11.4. The van der Waals surface area contributed by atoms with Gasteiger partial charge in [0.15, 0.2) is 17.6 Å². The molecule has 35 heavy (non-hydrogen) atoms. The summed E-state index contributed by atoms with van der Waals surface area (Å²) in [5.74, 6) is 0.220. The summed E-state index contributed by atoms with van der Waals surface area (Å²) in [6.07, 6.45) is -0.609. The molecule has 2 aromatic heterocycles. The maximum absolute atomic E-state index is 13.2. The molecule has 0 bridgehead atoms. The van der Waals surface area contributed by atoms with Gasteiger partial charge in [0.1, 0.15) is 5.00 Å². The largest absolute Gasteiger partial charge is 0.402 e. The first-order valence-corrected chi connectivity index (χ1v) is 12.2. The number of aromatic nitrogens is 3. The summed E-state index contributed by atoms with van der Waals surface area (Å²) in [6, 6.07) is 17.8. The van der Waals surface area contributed by atoms with E-state index in [1.54, 1.807) is 5.51 Å². The number of anilines is 2. The molecule has 9 nitrogen and oxygen atoms in total. The van der Waals surface area contributed by atoms with Gasteiger partial charge in [0, 0.05) is 30.6 Å². The Labute approximate surface area is 205 Å². The highest BCUT2D eigenvalue weighted by atomic mass is 32.1. The molecular formula is C25H22N6O3S. The van der Waals surface area contributed by atoms with E-state index in [1.165, 1.54) is 11.3 Å². The van der Waals surface area contributed by atoms with Crippen molar-refractivity contribution < 1.29 is 13.9 Å². The second-order valence-electron chi connectivity index (χ2n) is 8.21. The number of hydrogen-bond acceptors (Lipinski definition) is 10. The van der Waals surface area contributed by atoms with Crippen LogP contribution in [-0.2, 0) is 16.0 Å². The number of ether oxygens (including phenoxy) is 1. The average molecular weight is 487 g/mol. The first-order chi connectivity index (χ1) is 17.3. The molecule has 0 radical (unpaired) electrons. The lowest BCUT2D eigenvalue weighted by molar-refractivity contribution is -0.119. The molecule has 2 aromatic carbocycles. The van der Waals surface area contributed by atoms with Crippen molar-refractivity contribution in [3.63, 3.8) is 0 Å². The number of hydrogen-bond donors (Lipinski definition) is 1. The maximum Gasteiger partial charge on any atom is 0.317 e. The molecule has 4 heterocycles. The molecule has 1 saturated heterocycles. The predicted molar refractivity (Wildman–Crippen MR) is 133 cm³/mol. The van der Waals surface area contributed by atoms with Crippen molar-refractivity contribution in [2.75, 3.05) is 36.5 Å². The number of rotatable bonds is 5. The van der Waals surface area contributed by atoms with Gasteiger partial charge in [-0.25, -0.2) is 4.98 Å². The number of Topliss-reactive ketones (excluding diaryl/α,β-unsaturated/α-hetero) is 1. The van der Waals surface area contributed by atoms with Gasteiger partial charge in [-0.15, -0.1) is 16.4 Å². The van der Waals surface area contributed by atoms with Gasteiger partial charge in [-0.2, -0.15) is 0 Å². The monoisotopic (exact) mass is 486 g/mol. The van der Waals surface area contributed by atoms with Gasteiger partial charge in [-0.3, -0.25) is 9.79 Å². The number of morpholine rings is 1. The van der Waals surface area contributed by atoms with Crippen molar-refractivity contribution >= 4 is 33.8 Å². The number of benzene rings is 2. The van der Waals surface area contributed by atoms with Gasteiger partial charge in [-0.05, 0) is 5.56 Å². The highest BCUT2D eigenvalue weighted by Gasteiger charge is 2.28. The van der Waals surface area contributed by atoms with Crippen molar-refractivity contribution in [3.8, 4) is 11.6 Å². The smallest absolute Gasteiger partial charge is 0.317 e. The fourth-order valence-corrected chi connectivity index (χ4v) is 5.11. The maximum atomic E-state index is 13.2. The normalized spacial score (nSPS) is 18.1. The Kier molecular flexibility index (Phi) is 5.81. The molecule has 0 amide bonds. The van der Waals surface area contributed by atoms with Gasteiger partial charge in [0.2, 0.25) is 0 Å². The third kappa shape index (κ3) is 4.33. The summed E-state index contributed by atoms with van der Waals surface area (Å²) in [6.45, 7) is 2.90. The van der Waals surface area contributed by atoms with Crippen molar-refractivity contribution in [2.24, 2.45) is 4.99 Å². The second kappa shape index (κ2) is 9.40. The first kappa shape index (κ1) is 21.6. The molecule has 1 N–H and O–H groups in total. The van der Waals surface area contributed by atoms with Crippen LogP contribution in [0.2, 0.25) is 0 Å². The topological polar surface area (TPSA) is 106 Å². The Bertz CT molecular complexity index is 1380. The van der Waals surface area contributed by atoms with E-state index in [2.05, 4.69) is 25.4 Å². The van der Waals surface area contributed by atoms with E-state index in [0.29, 0.717) is 24.8 Å². The van der Waals surface area contributed by atoms with E-state index in [0.717, 1.165) is 40.5 Å². The van der Waals surface area contributed by atoms with Gasteiger partial charge in [0.05, 0.1) is 24.4 Å². The number of carbonyl (C=O) groups is 1. The lowest BCUT2D eigenvalue weighted by atomic mass is 9.96. The molecule has 4 aromatic rings. The zero-order valence-corrected chi connectivity index (χ0v) is 19.6. The van der Waals surface area contributed by atoms with Crippen LogP contribution in [0, 0.1) is 0 Å². The van der Waals surface area contributed by atoms with Gasteiger partial charge >= 0.3 is 6.01 Å². The fraction of sp³-hybridized carbons (Fsp3) is 0.240. The summed E-state index contributed by atoms with van der Waals surface area (Å²) in [5.41, 5.74) is 5.96. The molecule has 2 aliphatic heterocycles. The molecule has 0 saturated carbocycles. The third-order valence-electron chi connectivity index (χ3n) is 5.98. The van der Waals surface area contributed by atoms with Crippen LogP contribution < -0.4 is 10.2 Å². The molecule has 10 heteroatoms. The molecule has 0 unspecified atom stereocenters. The molecule has 2 aliphatic rings. The molecule has 1 atom stereocenters. The van der Waals surface area contributed by atoms with Gasteiger partial charge in [0.25, 0.3) is 5.89 Å². The molecule has 176 valence electrons. The van der Waals surface area contributed by atoms with E-state index in [4.69, 9.17) is 14.1 Å². The summed E-state index contributed by atoms with van der Waals surface area (Å²) < 4.78 is 11.4. The number of nitrogens with one attached hydrogen (secondary N) is 1. The van der Waals surface area contributed by atoms with Crippen molar-refractivity contribution in [1.82, 2.24) is 15.2 Å². The van der Waals surface area contributed by atoms with E-state index < -0.39 is 6.17 Å². The number of thiazole rings is 1. The Hall–Kier alpha value is -3.89. The van der Waals surface area contributed by atoms with Crippen LogP contribution in [0.25, 0.3) is 11.6 Å². The molecule has 6 rings (SSSR count). The fourth-order valence-electron chi connectivity index (χ4n) is 4.27. The summed E-state index contributed by atoms with van der Waals surface area (Å²) in [5, 5.41) is 12.3. The van der Waals surface area contributed by atoms with Gasteiger partial charge in [-0.1, -0.05) is 59.7 Å². The van der Waals surface area contributed by atoms with Crippen LogP contribution in [0.15, 0.2) is 69.5 Å². The van der Waals surface area contributed by atoms with E-state index in [1.807, 2.05) is 54.6 Å². The predicted octanol–water partition coefficient (Wildman–Crippen LogP) is 3.43. The van der Waals surface area contributed by atoms with Crippen LogP contribution in [0.5, 0.6) is 0 Å². The zero-order valence-electron chi connectivity index (χ0n) is 18.8. The van der Waals surface area contributed by atoms with E-state index >= 15 is 0 Å². The standard InChI is InChI=1S/C25H22N6O3S/c32-19-14-17-8-4-5-9-18(17)20(16-6-2-1-3-7-16)27-22(19)28-25-30-29-23(34-25)21-24(35-15-26-21)31-10-12-33-13-11-31/h1-9,15,22H,10-14H2,(H,28,30)/t22-/m1/s1. The number of carbonyl (C=O) groups excluding carboxylic acids is 1. The molecule has 1 fully saturated rings. The molecule has 0 spiro atoms. The van der Waals surface area contributed by atoms with Crippen molar-refractivity contribution in [2.45, 2.75) is 12.6 Å². The summed E-state index contributed by atoms with van der Waals surface area (Å²) in [7, 11) is 0. The zero-order chi connectivity index (χ0) is 23.6. The third-order valence-corrected chi connectivity index (χ3v) is 6.87. The quantitative estimate of drug-likeness (QED) is 0.457. The highest BCUT2D eigenvalue weighted by Crippen LogP contribution is 2.34. The van der Waals surface area contributed by atoms with Crippen molar-refractivity contribution in [3.05, 3.63) is 76.8 Å². The van der Waals surface area contributed by atoms with Crippen molar-refractivity contribution in [1.29, 1.82) is 0 Å². The van der Waals surface area contributed by atoms with Crippen LogP contribution >= 0.6 is 11.3 Å². The highest BCUT2D eigenvalue weighted by molar-refractivity contribution is 7.14. The van der Waals surface area contributed by atoms with Gasteiger partial charge < -0.3 is 19.4 Å². The Morgan fingerprint density at radius 3 is 2.66 bits per heavy atom. The van der Waals surface area contributed by atoms with Crippen LogP contribution in [0.1, 0.15) is 16.7 Å². The minimum Gasteiger partial charge on any atom is -0.402 e. The Morgan fingerprint density at radius 2 is 1.80 bits per heavy atom. The number of fused-ring (bicyclic) bond motifs is 1. The SMILES string of the molecule is O=C1Cc2ccccc2C(c2ccccc2)=N[C@@H]1Nc1nnc(-c2ncsc2N2CCOCC2)o1. The Morgan fingerprint density at radius 1 is 1.00 bits per heavy atom. The van der Waals surface area contributed by atoms with Crippen LogP contribution in [-0.4, -0.2) is 59.1 Å². The Balaban J connectivity index is 1.30. The number of aliphatic imine (C=N–C) groups is 1. The van der Waals surface area contributed by atoms with E-state index in [-0.39, 0.29) is 18.2 Å². The molecular weight excluding hydrogens is 464 g/mol. The summed E-state index contributed by atoms with van der Waals surface area (Å²) in [4.78, 5) is 24.6. The number of nitrogens with zero attached hydrogens (tertiary/aromatic N) is 5. The lowest BCUT2D eigenvalue weighted by Gasteiger charge is -2.27. The van der Waals surface area contributed by atoms with Crippen LogP contribution in [0.4, 0.5) is 11.0 Å². The minimum absolute atomic E-state index is 0.0780.